The van der Waals surface area contributed by atoms with Gasteiger partial charge in [-0.05, 0) is 89.5 Å². The van der Waals surface area contributed by atoms with Crippen LogP contribution in [0.5, 0.6) is 0 Å². The third-order valence-corrected chi connectivity index (χ3v) is 9.82. The number of unbranched alkanes of at least 4 members (excludes halogenated alkanes) is 4. The molecule has 0 saturated carbocycles. The van der Waals surface area contributed by atoms with Crippen LogP contribution in [0.4, 0.5) is 0 Å². The Kier molecular flexibility index (Phi) is 16.2. The van der Waals surface area contributed by atoms with E-state index in [-0.39, 0.29) is 11.1 Å². The standard InChI is InChI=1S/C20H23O4P.C16H36N/c1-11-7-13(3)17(14(4)8-11)19(21)25(23,24)20(22)18-15(5)9-12(2)10-16(18)6;1-5-9-13-17(14-10-6-2,15-11-7-3)16-12-8-4/h7-10H,1-6H3,(H,23,24);5-16H2,1-4H3/q;+1. The minimum atomic E-state index is -4.73. The average molecular weight is 601 g/mol. The molecule has 0 aromatic heterocycles. The van der Waals surface area contributed by atoms with Crippen molar-refractivity contribution in [3.8, 4) is 0 Å². The van der Waals surface area contributed by atoms with Gasteiger partial charge in [-0.2, -0.15) is 0 Å². The van der Waals surface area contributed by atoms with Gasteiger partial charge in [0.25, 0.3) is 11.0 Å². The molecule has 0 aliphatic heterocycles. The maximum Gasteiger partial charge on any atom is 0.337 e. The molecule has 1 N–H and O–H groups in total. The lowest BCUT2D eigenvalue weighted by molar-refractivity contribution is -0.929. The minimum Gasteiger partial charge on any atom is -0.333 e. The summed E-state index contributed by atoms with van der Waals surface area (Å²) in [5, 5.41) is 0. The third kappa shape index (κ3) is 10.6. The van der Waals surface area contributed by atoms with Crippen LogP contribution in [-0.2, 0) is 4.57 Å². The second-order valence-electron chi connectivity index (χ2n) is 12.4. The normalized spacial score (nSPS) is 11.7. The molecule has 42 heavy (non-hydrogen) atoms. The van der Waals surface area contributed by atoms with Gasteiger partial charge in [0, 0.05) is 11.1 Å². The SMILES string of the molecule is CCCC[N+](CCCC)(CCCC)CCCC.Cc1cc(C)c(C(=O)P(=O)(O)C(=O)c2c(C)cc(C)cc2C)c(C)c1. The largest absolute Gasteiger partial charge is 0.337 e. The van der Waals surface area contributed by atoms with Crippen LogP contribution >= 0.6 is 7.37 Å². The Morgan fingerprint density at radius 1 is 0.571 bits per heavy atom. The van der Waals surface area contributed by atoms with E-state index in [4.69, 9.17) is 0 Å². The molecular weight excluding hydrogens is 541 g/mol. The first-order valence-corrected chi connectivity index (χ1v) is 17.8. The second-order valence-corrected chi connectivity index (χ2v) is 14.3. The highest BCUT2D eigenvalue weighted by Crippen LogP contribution is 2.49. The van der Waals surface area contributed by atoms with Crippen molar-refractivity contribution in [2.75, 3.05) is 26.2 Å². The van der Waals surface area contributed by atoms with Crippen molar-refractivity contribution < 1.29 is 23.5 Å². The first kappa shape index (κ1) is 38.0. The number of carbonyl (C=O) groups is 2. The molecule has 0 bridgehead atoms. The van der Waals surface area contributed by atoms with Crippen LogP contribution < -0.4 is 0 Å². The van der Waals surface area contributed by atoms with Gasteiger partial charge < -0.3 is 9.38 Å². The summed E-state index contributed by atoms with van der Waals surface area (Å²) in [5.41, 5.74) is 2.64. The molecule has 0 aliphatic carbocycles. The van der Waals surface area contributed by atoms with Crippen molar-refractivity contribution in [1.82, 2.24) is 0 Å². The van der Waals surface area contributed by atoms with Gasteiger partial charge in [0.2, 0.25) is 0 Å². The lowest BCUT2D eigenvalue weighted by Gasteiger charge is -2.39. The summed E-state index contributed by atoms with van der Waals surface area (Å²) in [4.78, 5) is 36.0. The van der Waals surface area contributed by atoms with E-state index in [2.05, 4.69) is 27.7 Å². The van der Waals surface area contributed by atoms with Gasteiger partial charge in [0.1, 0.15) is 0 Å². The topological polar surface area (TPSA) is 71.4 Å². The Hall–Kier alpha value is -2.07. The average Bonchev–Trinajstić information content (AvgIpc) is 2.91. The number of hydrogen-bond acceptors (Lipinski definition) is 3. The number of hydrogen-bond donors (Lipinski definition) is 1. The fraction of sp³-hybridized carbons (Fsp3) is 0.611. The van der Waals surface area contributed by atoms with Gasteiger partial charge >= 0.3 is 7.37 Å². The van der Waals surface area contributed by atoms with Gasteiger partial charge in [-0.25, -0.2) is 0 Å². The van der Waals surface area contributed by atoms with E-state index >= 15 is 0 Å². The molecule has 0 radical (unpaired) electrons. The summed E-state index contributed by atoms with van der Waals surface area (Å²) in [6.45, 7) is 25.6. The first-order chi connectivity index (χ1) is 19.7. The van der Waals surface area contributed by atoms with Crippen molar-refractivity contribution in [2.24, 2.45) is 0 Å². The minimum absolute atomic E-state index is 0.159. The predicted molar refractivity (Wildman–Crippen MR) is 179 cm³/mol. The number of rotatable bonds is 16. The van der Waals surface area contributed by atoms with Crippen LogP contribution in [0.15, 0.2) is 24.3 Å². The first-order valence-electron chi connectivity index (χ1n) is 16.1. The Morgan fingerprint density at radius 3 is 1.02 bits per heavy atom. The smallest absolute Gasteiger partial charge is 0.333 e. The number of aryl methyl sites for hydroxylation is 6. The Labute approximate surface area is 257 Å². The van der Waals surface area contributed by atoms with Crippen LogP contribution in [0.25, 0.3) is 0 Å². The maximum atomic E-state index is 12.8. The van der Waals surface area contributed by atoms with E-state index in [0.717, 1.165) is 11.1 Å². The Bertz CT molecular complexity index is 1080. The molecule has 2 aromatic carbocycles. The van der Waals surface area contributed by atoms with E-state index < -0.39 is 18.4 Å². The van der Waals surface area contributed by atoms with E-state index in [0.29, 0.717) is 22.3 Å². The lowest BCUT2D eigenvalue weighted by Crippen LogP contribution is -2.50. The number of carbonyl (C=O) groups excluding carboxylic acids is 2. The summed E-state index contributed by atoms with van der Waals surface area (Å²) in [7, 11) is -4.73. The molecule has 0 heterocycles. The van der Waals surface area contributed by atoms with Crippen LogP contribution in [0, 0.1) is 41.5 Å². The molecule has 2 rings (SSSR count). The highest BCUT2D eigenvalue weighted by molar-refractivity contribution is 7.91. The van der Waals surface area contributed by atoms with E-state index in [1.807, 2.05) is 13.8 Å². The zero-order valence-corrected chi connectivity index (χ0v) is 29.3. The van der Waals surface area contributed by atoms with Crippen LogP contribution in [-0.4, -0.2) is 46.6 Å². The van der Waals surface area contributed by atoms with Crippen molar-refractivity contribution >= 4 is 18.4 Å². The zero-order chi connectivity index (χ0) is 32.1. The third-order valence-electron chi connectivity index (χ3n) is 8.28. The molecule has 0 saturated heterocycles. The predicted octanol–water partition coefficient (Wildman–Crippen LogP) is 9.79. The van der Waals surface area contributed by atoms with Gasteiger partial charge in [-0.1, -0.05) is 88.8 Å². The maximum absolute atomic E-state index is 12.8. The number of nitrogens with zero attached hydrogens (tertiary/aromatic N) is 1. The number of benzene rings is 2. The molecule has 0 unspecified atom stereocenters. The molecule has 2 aromatic rings. The molecule has 5 nitrogen and oxygen atoms in total. The highest BCUT2D eigenvalue weighted by Gasteiger charge is 2.41. The summed E-state index contributed by atoms with van der Waals surface area (Å²) < 4.78 is 14.3. The Balaban J connectivity index is 0.000000456. The van der Waals surface area contributed by atoms with Crippen molar-refractivity contribution in [3.63, 3.8) is 0 Å². The van der Waals surface area contributed by atoms with E-state index in [9.17, 15) is 19.0 Å². The van der Waals surface area contributed by atoms with E-state index in [1.54, 1.807) is 52.0 Å². The monoisotopic (exact) mass is 600 g/mol. The van der Waals surface area contributed by atoms with Crippen LogP contribution in [0.1, 0.15) is 133 Å². The molecule has 0 atom stereocenters. The van der Waals surface area contributed by atoms with E-state index in [1.165, 1.54) is 82.0 Å². The molecule has 236 valence electrons. The molecule has 0 spiro atoms. The van der Waals surface area contributed by atoms with Crippen LogP contribution in [0.3, 0.4) is 0 Å². The summed E-state index contributed by atoms with van der Waals surface area (Å²) in [5.74, 6) is 0. The molecule has 0 amide bonds. The van der Waals surface area contributed by atoms with Gasteiger partial charge in [-0.15, -0.1) is 0 Å². The van der Waals surface area contributed by atoms with Gasteiger partial charge in [0.15, 0.2) is 0 Å². The summed E-state index contributed by atoms with van der Waals surface area (Å²) in [6.07, 6.45) is 11.1. The fourth-order valence-corrected chi connectivity index (χ4v) is 7.57. The summed E-state index contributed by atoms with van der Waals surface area (Å²) >= 11 is 0. The van der Waals surface area contributed by atoms with Crippen LogP contribution in [0.2, 0.25) is 0 Å². The zero-order valence-electron chi connectivity index (χ0n) is 28.4. The second kappa shape index (κ2) is 17.9. The lowest BCUT2D eigenvalue weighted by atomic mass is 10.0. The highest BCUT2D eigenvalue weighted by atomic mass is 31.2. The van der Waals surface area contributed by atoms with Gasteiger partial charge in [0.05, 0.1) is 26.2 Å². The number of quaternary nitrogens is 1. The summed E-state index contributed by atoms with van der Waals surface area (Å²) in [6, 6.07) is 7.08. The van der Waals surface area contributed by atoms with Gasteiger partial charge in [-0.3, -0.25) is 14.2 Å². The van der Waals surface area contributed by atoms with Crippen molar-refractivity contribution in [1.29, 1.82) is 0 Å². The quantitative estimate of drug-likeness (QED) is 0.154. The molecule has 0 aliphatic rings. The molecule has 0 fully saturated rings. The van der Waals surface area contributed by atoms with Crippen molar-refractivity contribution in [2.45, 2.75) is 121 Å². The fourth-order valence-electron chi connectivity index (χ4n) is 6.07. The van der Waals surface area contributed by atoms with Crippen molar-refractivity contribution in [3.05, 3.63) is 68.8 Å². The molecule has 6 heteroatoms. The Morgan fingerprint density at radius 2 is 0.810 bits per heavy atom. The molecular formula is C36H59NO4P+.